The highest BCUT2D eigenvalue weighted by atomic mass is 15.2. The molecule has 0 aromatic carbocycles. The van der Waals surface area contributed by atoms with E-state index in [1.165, 1.54) is 0 Å². The average molecular weight is 145 g/mol. The number of nitrogens with zero attached hydrogens (tertiary/aromatic N) is 2. The first-order chi connectivity index (χ1) is 4.83. The lowest BCUT2D eigenvalue weighted by Crippen LogP contribution is -2.01. The molecule has 1 N–H and O–H groups in total. The van der Waals surface area contributed by atoms with Crippen molar-refractivity contribution in [1.29, 1.82) is 0 Å². The van der Waals surface area contributed by atoms with Gasteiger partial charge in [0.1, 0.15) is 0 Å². The van der Waals surface area contributed by atoms with Crippen LogP contribution in [0.3, 0.4) is 0 Å². The smallest absolute Gasteiger partial charge is 0.0132 e. The highest BCUT2D eigenvalue weighted by Gasteiger charge is 1.50. The maximum absolute atomic E-state index is 3.00. The Labute approximate surface area is 64.3 Å². The minimum Gasteiger partial charge on any atom is -0.320 e. The molecule has 0 heterocycles. The molecule has 0 aliphatic carbocycles. The van der Waals surface area contributed by atoms with Crippen molar-refractivity contribution in [3.8, 4) is 0 Å². The molecule has 0 bridgehead atoms. The summed E-state index contributed by atoms with van der Waals surface area (Å²) in [5, 5.41) is 8.93. The third-order valence-electron chi connectivity index (χ3n) is 0.454. The van der Waals surface area contributed by atoms with Crippen LogP contribution in [0.4, 0.5) is 0 Å². The Hall–Kier alpha value is -0.700. The molecule has 0 amide bonds. The summed E-state index contributed by atoms with van der Waals surface area (Å²) in [7, 11) is 1.93. The van der Waals surface area contributed by atoms with E-state index in [9.17, 15) is 0 Å². The van der Waals surface area contributed by atoms with Crippen LogP contribution in [0.15, 0.2) is 10.2 Å². The minimum atomic E-state index is 1.07. The molecule has 0 spiro atoms. The monoisotopic (exact) mass is 145 g/mol. The Kier molecular flexibility index (Phi) is 65.6. The summed E-state index contributed by atoms with van der Waals surface area (Å²) < 4.78 is 0. The highest BCUT2D eigenvalue weighted by Crippen LogP contribution is 1.47. The van der Waals surface area contributed by atoms with Crippen LogP contribution < -0.4 is 5.32 Å². The van der Waals surface area contributed by atoms with Gasteiger partial charge in [-0.2, -0.15) is 10.2 Å². The first-order valence-corrected chi connectivity index (χ1v) is 3.39. The first-order valence-electron chi connectivity index (χ1n) is 3.39. The topological polar surface area (TPSA) is 36.8 Å². The average Bonchev–Trinajstić information content (AvgIpc) is 2.08. The molecule has 10 heavy (non-hydrogen) atoms. The van der Waals surface area contributed by atoms with Crippen molar-refractivity contribution in [1.82, 2.24) is 5.32 Å². The van der Waals surface area contributed by atoms with Crippen LogP contribution in [0.5, 0.6) is 0 Å². The Bertz CT molecular complexity index is 44.8. The van der Waals surface area contributed by atoms with Gasteiger partial charge in [0.05, 0.1) is 0 Å². The fraction of sp³-hybridized carbons (Fsp3) is 0.714. The largest absolute Gasteiger partial charge is 0.320 e. The summed E-state index contributed by atoms with van der Waals surface area (Å²) in [5.41, 5.74) is 0. The quantitative estimate of drug-likeness (QED) is 0.464. The van der Waals surface area contributed by atoms with Gasteiger partial charge in [-0.15, -0.1) is 0 Å². The predicted octanol–water partition coefficient (Wildman–Crippen LogP) is 1.55. The molecular formula is C7H19N3. The van der Waals surface area contributed by atoms with E-state index in [1.807, 2.05) is 20.9 Å². The van der Waals surface area contributed by atoms with Crippen LogP contribution in [-0.4, -0.2) is 27.0 Å². The zero-order valence-electron chi connectivity index (χ0n) is 7.52. The third-order valence-corrected chi connectivity index (χ3v) is 0.454. The van der Waals surface area contributed by atoms with Gasteiger partial charge in [-0.1, -0.05) is 20.8 Å². The lowest BCUT2D eigenvalue weighted by atomic mass is 10.8. The summed E-state index contributed by atoms with van der Waals surface area (Å²) in [6, 6.07) is 0. The zero-order chi connectivity index (χ0) is 8.83. The second-order valence-corrected chi connectivity index (χ2v) is 0.990. The molecular weight excluding hydrogens is 126 g/mol. The molecule has 0 rings (SSSR count). The molecule has 3 heteroatoms. The second kappa shape index (κ2) is 40.6. The van der Waals surface area contributed by atoms with Crippen LogP contribution >= 0.6 is 0 Å². The van der Waals surface area contributed by atoms with Crippen LogP contribution in [-0.2, 0) is 0 Å². The number of hydrogen-bond acceptors (Lipinski definition) is 3. The minimum absolute atomic E-state index is 1.07. The normalized spacial score (nSPS) is 5.60. The van der Waals surface area contributed by atoms with Crippen molar-refractivity contribution in [2.24, 2.45) is 10.2 Å². The van der Waals surface area contributed by atoms with Gasteiger partial charge in [-0.05, 0) is 13.6 Å². The van der Waals surface area contributed by atoms with Gasteiger partial charge in [-0.3, -0.25) is 0 Å². The van der Waals surface area contributed by atoms with Gasteiger partial charge in [0.15, 0.2) is 0 Å². The van der Waals surface area contributed by atoms with E-state index in [4.69, 9.17) is 0 Å². The maximum Gasteiger partial charge on any atom is 0.0132 e. The van der Waals surface area contributed by atoms with Crippen molar-refractivity contribution in [2.45, 2.75) is 20.8 Å². The van der Waals surface area contributed by atoms with Crippen molar-refractivity contribution < 1.29 is 0 Å². The van der Waals surface area contributed by atoms with Gasteiger partial charge < -0.3 is 5.32 Å². The van der Waals surface area contributed by atoms with Crippen LogP contribution in [0.2, 0.25) is 0 Å². The lowest BCUT2D eigenvalue weighted by molar-refractivity contribution is 0.864. The van der Waals surface area contributed by atoms with Gasteiger partial charge in [0.25, 0.3) is 0 Å². The van der Waals surface area contributed by atoms with E-state index < -0.39 is 0 Å². The maximum atomic E-state index is 3.00. The van der Waals surface area contributed by atoms with E-state index in [0.717, 1.165) is 6.54 Å². The molecule has 0 radical (unpaired) electrons. The number of rotatable bonds is 2. The standard InChI is InChI=1S/C3H9N.C2H4N2.C2H6/c2*1-3-4-2;1-2/h4H,3H2,1-2H3;1-2H2;1-2H3. The van der Waals surface area contributed by atoms with Crippen molar-refractivity contribution in [3.63, 3.8) is 0 Å². The van der Waals surface area contributed by atoms with E-state index in [2.05, 4.69) is 35.9 Å². The Balaban J connectivity index is -0.0000000787. The number of hydrogen-bond donors (Lipinski definition) is 1. The van der Waals surface area contributed by atoms with Crippen LogP contribution in [0, 0.1) is 0 Å². The number of nitrogens with one attached hydrogen (secondary N) is 1. The van der Waals surface area contributed by atoms with Crippen molar-refractivity contribution in [2.75, 3.05) is 13.6 Å². The summed E-state index contributed by atoms with van der Waals surface area (Å²) in [4.78, 5) is 0. The van der Waals surface area contributed by atoms with Gasteiger partial charge >= 0.3 is 0 Å². The fourth-order valence-corrected chi connectivity index (χ4v) is 0. The van der Waals surface area contributed by atoms with E-state index >= 15 is 0 Å². The van der Waals surface area contributed by atoms with Crippen molar-refractivity contribution >= 4 is 13.4 Å². The van der Waals surface area contributed by atoms with E-state index in [-0.39, 0.29) is 0 Å². The molecule has 0 saturated heterocycles. The summed E-state index contributed by atoms with van der Waals surface area (Å²) in [5.74, 6) is 0. The molecule has 0 aliphatic heterocycles. The molecule has 0 aliphatic rings. The Morgan fingerprint density at radius 3 is 1.40 bits per heavy atom. The van der Waals surface area contributed by atoms with Gasteiger partial charge in [0, 0.05) is 13.4 Å². The lowest BCUT2D eigenvalue weighted by Gasteiger charge is -1.76. The van der Waals surface area contributed by atoms with Crippen molar-refractivity contribution in [3.05, 3.63) is 0 Å². The Morgan fingerprint density at radius 1 is 1.20 bits per heavy atom. The zero-order valence-corrected chi connectivity index (χ0v) is 7.52. The summed E-state index contributed by atoms with van der Waals surface area (Å²) in [6.07, 6.45) is 0. The summed E-state index contributed by atoms with van der Waals surface area (Å²) in [6.45, 7) is 13.1. The molecule has 62 valence electrons. The molecule has 0 aromatic heterocycles. The van der Waals surface area contributed by atoms with E-state index in [1.54, 1.807) is 0 Å². The second-order valence-electron chi connectivity index (χ2n) is 0.990. The molecule has 0 unspecified atom stereocenters. The van der Waals surface area contributed by atoms with Gasteiger partial charge in [-0.25, -0.2) is 0 Å². The molecule has 0 atom stereocenters. The van der Waals surface area contributed by atoms with Gasteiger partial charge in [0.2, 0.25) is 0 Å². The predicted molar refractivity (Wildman–Crippen MR) is 50.0 cm³/mol. The van der Waals surface area contributed by atoms with E-state index in [0.29, 0.717) is 0 Å². The first kappa shape index (κ1) is 16.1. The molecule has 0 aromatic rings. The SMILES string of the molecule is C=NN=C.CC.CCNC. The molecule has 0 fully saturated rings. The molecule has 0 saturated carbocycles. The summed E-state index contributed by atoms with van der Waals surface area (Å²) >= 11 is 0. The molecule has 3 nitrogen and oxygen atoms in total. The Morgan fingerprint density at radius 2 is 1.40 bits per heavy atom. The third kappa shape index (κ3) is 171. The van der Waals surface area contributed by atoms with Crippen LogP contribution in [0.25, 0.3) is 0 Å². The highest BCUT2D eigenvalue weighted by molar-refractivity contribution is 5.28. The fourth-order valence-electron chi connectivity index (χ4n) is 0. The van der Waals surface area contributed by atoms with Crippen LogP contribution in [0.1, 0.15) is 20.8 Å².